The molecule has 6 aromatic carbocycles. The van der Waals surface area contributed by atoms with Gasteiger partial charge in [0.25, 0.3) is 15.9 Å². The summed E-state index contributed by atoms with van der Waals surface area (Å²) in [5.41, 5.74) is 6.59. The number of aromatic carboxylic acids is 1. The van der Waals surface area contributed by atoms with E-state index in [1.54, 1.807) is 18.2 Å². The van der Waals surface area contributed by atoms with E-state index in [1.807, 2.05) is 53.3 Å². The summed E-state index contributed by atoms with van der Waals surface area (Å²) in [5.74, 6) is -2.11. The van der Waals surface area contributed by atoms with E-state index in [0.29, 0.717) is 12.1 Å². The summed E-state index contributed by atoms with van der Waals surface area (Å²) < 4.78 is 28.2. The number of rotatable bonds is 12. The third-order valence-corrected chi connectivity index (χ3v) is 11.6. The number of carboxylic acids is 1. The van der Waals surface area contributed by atoms with Crippen molar-refractivity contribution in [3.63, 3.8) is 0 Å². The molecule has 0 saturated carbocycles. The Labute approximate surface area is 321 Å². The first-order valence-corrected chi connectivity index (χ1v) is 19.7. The van der Waals surface area contributed by atoms with Gasteiger partial charge in [0.15, 0.2) is 0 Å². The zero-order valence-electron chi connectivity index (χ0n) is 30.0. The van der Waals surface area contributed by atoms with E-state index >= 15 is 0 Å². The number of aryl methyl sites for hydroxylation is 1. The predicted molar refractivity (Wildman–Crippen MR) is 212 cm³/mol. The molecule has 1 aliphatic rings. The van der Waals surface area contributed by atoms with Gasteiger partial charge in [-0.1, -0.05) is 133 Å². The second kappa shape index (κ2) is 16.4. The highest BCUT2D eigenvalue weighted by molar-refractivity contribution is 7.90. The van der Waals surface area contributed by atoms with Gasteiger partial charge in [-0.05, 0) is 88.4 Å². The molecule has 0 aromatic heterocycles. The predicted octanol–water partition coefficient (Wildman–Crippen LogP) is 8.29. The Balaban J connectivity index is 1.16. The summed E-state index contributed by atoms with van der Waals surface area (Å²) in [6.07, 6.45) is 2.92. The van der Waals surface area contributed by atoms with Crippen LogP contribution in [0.1, 0.15) is 61.0 Å². The summed E-state index contributed by atoms with van der Waals surface area (Å²) >= 11 is 0. The van der Waals surface area contributed by atoms with Crippen LogP contribution >= 0.6 is 0 Å². The highest BCUT2D eigenvalue weighted by atomic mass is 32.2. The molecule has 9 heteroatoms. The van der Waals surface area contributed by atoms with Crippen molar-refractivity contribution in [1.82, 2.24) is 9.62 Å². The van der Waals surface area contributed by atoms with E-state index < -0.39 is 32.4 Å². The number of amides is 2. The van der Waals surface area contributed by atoms with Crippen LogP contribution in [0.4, 0.5) is 0 Å². The van der Waals surface area contributed by atoms with Crippen molar-refractivity contribution in [1.29, 1.82) is 0 Å². The molecule has 0 heterocycles. The van der Waals surface area contributed by atoms with Crippen LogP contribution in [0.25, 0.3) is 11.1 Å². The summed E-state index contributed by atoms with van der Waals surface area (Å²) in [4.78, 5) is 41.1. The topological polar surface area (TPSA) is 121 Å². The molecule has 6 aromatic rings. The van der Waals surface area contributed by atoms with Gasteiger partial charge >= 0.3 is 5.97 Å². The van der Waals surface area contributed by atoms with Gasteiger partial charge < -0.3 is 10.0 Å². The Bertz CT molecular complexity index is 2450. The SMILES string of the molecule is O=C(NS(=O)(=O)c1ccccc1C(=O)O)c1cccc(-c2cccc(CC(=O)N(Cc3ccccc3)C3c4ccccc4CCC3Cc3ccccc3)c2)c1. The van der Waals surface area contributed by atoms with E-state index in [1.165, 1.54) is 34.9 Å². The normalized spacial score (nSPS) is 15.1. The molecule has 2 N–H and O–H groups in total. The van der Waals surface area contributed by atoms with Crippen molar-refractivity contribution >= 4 is 27.8 Å². The minimum absolute atomic E-state index is 0.000690. The van der Waals surface area contributed by atoms with E-state index in [0.717, 1.165) is 48.1 Å². The third kappa shape index (κ3) is 8.58. The molecule has 2 amide bonds. The molecule has 0 fully saturated rings. The Hall–Kier alpha value is -6.32. The number of fused-ring (bicyclic) bond motifs is 1. The standard InChI is InChI=1S/C46H40N2O6S/c49-43(48(31-33-15-5-2-6-16-33)44-38(27-32-13-3-1-4-14-32)26-25-35-18-7-8-22-40(35)44)29-34-17-11-19-36(28-34)37-20-12-21-39(30-37)45(50)47-55(53,54)42-24-10-9-23-41(42)46(51)52/h1-24,28,30,38,44H,25-27,29,31H2,(H,47,50)(H,51,52). The van der Waals surface area contributed by atoms with E-state index in [2.05, 4.69) is 65.6 Å². The maximum atomic E-state index is 14.7. The van der Waals surface area contributed by atoms with Crippen LogP contribution in [0.15, 0.2) is 163 Å². The lowest BCUT2D eigenvalue weighted by Crippen LogP contribution is -2.41. The highest BCUT2D eigenvalue weighted by Crippen LogP contribution is 2.41. The van der Waals surface area contributed by atoms with Gasteiger partial charge in [-0.3, -0.25) is 9.59 Å². The van der Waals surface area contributed by atoms with Crippen molar-refractivity contribution in [2.45, 2.75) is 43.2 Å². The van der Waals surface area contributed by atoms with Gasteiger partial charge in [-0.2, -0.15) is 0 Å². The summed E-state index contributed by atoms with van der Waals surface area (Å²) in [5, 5.41) is 9.49. The largest absolute Gasteiger partial charge is 0.478 e. The second-order valence-electron chi connectivity index (χ2n) is 13.8. The smallest absolute Gasteiger partial charge is 0.337 e. The molecular formula is C46H40N2O6S. The number of carbonyl (C=O) groups is 3. The average molecular weight is 749 g/mol. The molecule has 0 bridgehead atoms. The molecule has 0 saturated heterocycles. The summed E-state index contributed by atoms with van der Waals surface area (Å²) in [6.45, 7) is 0.459. The lowest BCUT2D eigenvalue weighted by atomic mass is 9.76. The van der Waals surface area contributed by atoms with E-state index in [4.69, 9.17) is 0 Å². The average Bonchev–Trinajstić information content (AvgIpc) is 3.21. The van der Waals surface area contributed by atoms with Crippen molar-refractivity contribution in [3.05, 3.63) is 197 Å². The molecule has 2 atom stereocenters. The first kappa shape index (κ1) is 37.0. The molecule has 7 rings (SSSR count). The zero-order valence-corrected chi connectivity index (χ0v) is 30.9. The van der Waals surface area contributed by atoms with E-state index in [-0.39, 0.29) is 29.9 Å². The molecule has 0 radical (unpaired) electrons. The lowest BCUT2D eigenvalue weighted by molar-refractivity contribution is -0.135. The fourth-order valence-corrected chi connectivity index (χ4v) is 8.74. The Morgan fingerprint density at radius 2 is 1.29 bits per heavy atom. The lowest BCUT2D eigenvalue weighted by Gasteiger charge is -2.42. The third-order valence-electron chi connectivity index (χ3n) is 10.2. The van der Waals surface area contributed by atoms with Crippen molar-refractivity contribution < 1.29 is 27.9 Å². The summed E-state index contributed by atoms with van der Waals surface area (Å²) in [7, 11) is -4.48. The molecular weight excluding hydrogens is 709 g/mol. The monoisotopic (exact) mass is 748 g/mol. The first-order chi connectivity index (χ1) is 26.7. The molecule has 276 valence electrons. The van der Waals surface area contributed by atoms with Gasteiger partial charge in [0.2, 0.25) is 5.91 Å². The van der Waals surface area contributed by atoms with Crippen LogP contribution in [0, 0.1) is 5.92 Å². The summed E-state index contributed by atoms with van der Waals surface area (Å²) in [6, 6.07) is 48.1. The number of hydrogen-bond acceptors (Lipinski definition) is 5. The molecule has 0 aliphatic heterocycles. The highest BCUT2D eigenvalue weighted by Gasteiger charge is 2.36. The number of sulfonamides is 1. The fourth-order valence-electron chi connectivity index (χ4n) is 7.57. The van der Waals surface area contributed by atoms with Gasteiger partial charge in [0.05, 0.1) is 18.0 Å². The number of hydrogen-bond donors (Lipinski definition) is 2. The Morgan fingerprint density at radius 1 is 0.673 bits per heavy atom. The van der Waals surface area contributed by atoms with Crippen LogP contribution in [0.5, 0.6) is 0 Å². The number of benzene rings is 6. The minimum Gasteiger partial charge on any atom is -0.478 e. The molecule has 55 heavy (non-hydrogen) atoms. The number of carboxylic acid groups (broad SMARTS) is 1. The molecule has 0 spiro atoms. The van der Waals surface area contributed by atoms with Crippen LogP contribution in [-0.2, 0) is 40.6 Å². The van der Waals surface area contributed by atoms with Gasteiger partial charge in [0, 0.05) is 12.1 Å². The van der Waals surface area contributed by atoms with Crippen molar-refractivity contribution in [2.75, 3.05) is 0 Å². The van der Waals surface area contributed by atoms with Crippen molar-refractivity contribution in [3.8, 4) is 11.1 Å². The number of nitrogens with zero attached hydrogens (tertiary/aromatic N) is 1. The minimum atomic E-state index is -4.48. The molecule has 2 unspecified atom stereocenters. The number of nitrogens with one attached hydrogen (secondary N) is 1. The van der Waals surface area contributed by atoms with Gasteiger partial charge in [-0.25, -0.2) is 17.9 Å². The Morgan fingerprint density at radius 3 is 2.04 bits per heavy atom. The van der Waals surface area contributed by atoms with Crippen LogP contribution < -0.4 is 4.72 Å². The zero-order chi connectivity index (χ0) is 38.4. The first-order valence-electron chi connectivity index (χ1n) is 18.2. The van der Waals surface area contributed by atoms with Crippen LogP contribution in [0.2, 0.25) is 0 Å². The fraction of sp³-hybridized carbons (Fsp3) is 0.152. The molecule has 1 aliphatic carbocycles. The van der Waals surface area contributed by atoms with Gasteiger partial charge in [-0.15, -0.1) is 0 Å². The van der Waals surface area contributed by atoms with Crippen LogP contribution in [0.3, 0.4) is 0 Å². The second-order valence-corrected chi connectivity index (χ2v) is 15.5. The van der Waals surface area contributed by atoms with Crippen molar-refractivity contribution in [2.24, 2.45) is 5.92 Å². The number of carbonyl (C=O) groups excluding carboxylic acids is 2. The van der Waals surface area contributed by atoms with Crippen LogP contribution in [-0.4, -0.2) is 36.2 Å². The maximum Gasteiger partial charge on any atom is 0.337 e. The van der Waals surface area contributed by atoms with E-state index in [9.17, 15) is 27.9 Å². The quantitative estimate of drug-likeness (QED) is 0.130. The molecule has 8 nitrogen and oxygen atoms in total. The maximum absolute atomic E-state index is 14.7. The Kier molecular flexibility index (Phi) is 11.0. The van der Waals surface area contributed by atoms with Gasteiger partial charge in [0.1, 0.15) is 4.90 Å².